The number of hydrogen-bond acceptors (Lipinski definition) is 3. The van der Waals surface area contributed by atoms with Crippen molar-refractivity contribution in [2.45, 2.75) is 32.4 Å². The zero-order valence-corrected chi connectivity index (χ0v) is 11.8. The highest BCUT2D eigenvalue weighted by Gasteiger charge is 2.26. The average Bonchev–Trinajstić information content (AvgIpc) is 2.53. The largest absolute Gasteiger partial charge is 0.372 e. The van der Waals surface area contributed by atoms with Crippen LogP contribution in [0.25, 0.3) is 0 Å². The summed E-state index contributed by atoms with van der Waals surface area (Å²) in [5.41, 5.74) is 7.93. The number of likely N-dealkylation sites (N-methyl/N-ethyl adjacent to an activating group) is 1. The lowest BCUT2D eigenvalue weighted by molar-refractivity contribution is -0.133. The van der Waals surface area contributed by atoms with E-state index in [1.807, 2.05) is 17.0 Å². The number of amides is 1. The van der Waals surface area contributed by atoms with Crippen LogP contribution >= 0.6 is 0 Å². The van der Waals surface area contributed by atoms with Gasteiger partial charge >= 0.3 is 0 Å². The molecule has 0 aromatic heterocycles. The van der Waals surface area contributed by atoms with Crippen LogP contribution < -0.4 is 10.6 Å². The van der Waals surface area contributed by atoms with Crippen molar-refractivity contribution in [3.63, 3.8) is 0 Å². The van der Waals surface area contributed by atoms with E-state index < -0.39 is 0 Å². The fourth-order valence-corrected chi connectivity index (χ4v) is 2.68. The van der Waals surface area contributed by atoms with E-state index in [0.29, 0.717) is 19.5 Å². The molecule has 0 saturated carbocycles. The molecule has 0 spiro atoms. The van der Waals surface area contributed by atoms with Crippen molar-refractivity contribution in [1.82, 2.24) is 4.90 Å². The van der Waals surface area contributed by atoms with Gasteiger partial charge in [-0.05, 0) is 31.5 Å². The molecule has 19 heavy (non-hydrogen) atoms. The zero-order valence-electron chi connectivity index (χ0n) is 11.8. The number of anilines is 1. The predicted octanol–water partition coefficient (Wildman–Crippen LogP) is 1.59. The second kappa shape index (κ2) is 6.06. The average molecular weight is 261 g/mol. The van der Waals surface area contributed by atoms with Gasteiger partial charge in [0.2, 0.25) is 5.91 Å². The van der Waals surface area contributed by atoms with E-state index in [-0.39, 0.29) is 11.9 Å². The standard InChI is InChI=1S/C15H23N3O/c1-12-10-17(2)14-7-4-3-6-13(14)11-18(12)15(19)8-5-9-16/h3-4,6-7,12H,5,8-11,16H2,1-2H3. The molecule has 0 saturated heterocycles. The predicted molar refractivity (Wildman–Crippen MR) is 78.0 cm³/mol. The smallest absolute Gasteiger partial charge is 0.223 e. The van der Waals surface area contributed by atoms with Gasteiger partial charge in [-0.25, -0.2) is 0 Å². The first-order chi connectivity index (χ1) is 9.13. The minimum absolute atomic E-state index is 0.211. The highest BCUT2D eigenvalue weighted by atomic mass is 16.2. The van der Waals surface area contributed by atoms with Gasteiger partial charge in [0.1, 0.15) is 0 Å². The molecule has 1 atom stereocenters. The summed E-state index contributed by atoms with van der Waals surface area (Å²) in [6, 6.07) is 8.53. The summed E-state index contributed by atoms with van der Waals surface area (Å²) in [6.07, 6.45) is 1.31. The third-order valence-electron chi connectivity index (χ3n) is 3.73. The Kier molecular flexibility index (Phi) is 4.43. The Morgan fingerprint density at radius 2 is 2.16 bits per heavy atom. The van der Waals surface area contributed by atoms with Gasteiger partial charge in [0.25, 0.3) is 0 Å². The SMILES string of the molecule is CC1CN(C)c2ccccc2CN1C(=O)CCCN. The second-order valence-corrected chi connectivity index (χ2v) is 5.27. The quantitative estimate of drug-likeness (QED) is 0.899. The molecule has 1 aliphatic heterocycles. The number of para-hydroxylation sites is 1. The monoisotopic (exact) mass is 261 g/mol. The maximum Gasteiger partial charge on any atom is 0.223 e. The zero-order chi connectivity index (χ0) is 13.8. The van der Waals surface area contributed by atoms with Crippen molar-refractivity contribution in [1.29, 1.82) is 0 Å². The third kappa shape index (κ3) is 3.07. The molecule has 4 nitrogen and oxygen atoms in total. The van der Waals surface area contributed by atoms with Crippen molar-refractivity contribution in [3.8, 4) is 0 Å². The van der Waals surface area contributed by atoms with Crippen LogP contribution in [0.5, 0.6) is 0 Å². The summed E-state index contributed by atoms with van der Waals surface area (Å²) >= 11 is 0. The highest BCUT2D eigenvalue weighted by molar-refractivity contribution is 5.77. The van der Waals surface area contributed by atoms with Crippen molar-refractivity contribution < 1.29 is 4.79 Å². The number of benzene rings is 1. The number of fused-ring (bicyclic) bond motifs is 1. The van der Waals surface area contributed by atoms with Gasteiger partial charge in [0.15, 0.2) is 0 Å². The van der Waals surface area contributed by atoms with Crippen LogP contribution in [0.2, 0.25) is 0 Å². The normalized spacial score (nSPS) is 19.0. The van der Waals surface area contributed by atoms with Crippen molar-refractivity contribution in [2.75, 3.05) is 25.0 Å². The summed E-state index contributed by atoms with van der Waals surface area (Å²) in [6.45, 7) is 4.25. The number of rotatable bonds is 3. The van der Waals surface area contributed by atoms with E-state index in [1.165, 1.54) is 11.3 Å². The van der Waals surface area contributed by atoms with E-state index in [2.05, 4.69) is 31.0 Å². The maximum absolute atomic E-state index is 12.3. The molecule has 0 radical (unpaired) electrons. The van der Waals surface area contributed by atoms with E-state index >= 15 is 0 Å². The molecule has 0 bridgehead atoms. The van der Waals surface area contributed by atoms with Crippen LogP contribution in [-0.2, 0) is 11.3 Å². The Hall–Kier alpha value is -1.55. The number of carbonyl (C=O) groups is 1. The summed E-state index contributed by atoms with van der Waals surface area (Å²) in [5.74, 6) is 0.211. The number of hydrogen-bond donors (Lipinski definition) is 1. The van der Waals surface area contributed by atoms with Gasteiger partial charge in [-0.2, -0.15) is 0 Å². The number of nitrogens with two attached hydrogens (primary N) is 1. The van der Waals surface area contributed by atoms with Crippen LogP contribution in [0, 0.1) is 0 Å². The minimum atomic E-state index is 0.211. The molecular formula is C15H23N3O. The first kappa shape index (κ1) is 13.9. The Labute approximate surface area is 115 Å². The van der Waals surface area contributed by atoms with Gasteiger partial charge < -0.3 is 15.5 Å². The molecule has 4 heteroatoms. The molecule has 104 valence electrons. The molecule has 1 unspecified atom stereocenters. The maximum atomic E-state index is 12.3. The Morgan fingerprint density at radius 3 is 2.89 bits per heavy atom. The molecule has 0 aliphatic carbocycles. The summed E-state index contributed by atoms with van der Waals surface area (Å²) in [4.78, 5) is 16.5. The summed E-state index contributed by atoms with van der Waals surface area (Å²) in [7, 11) is 2.09. The van der Waals surface area contributed by atoms with E-state index in [0.717, 1.165) is 13.0 Å². The molecule has 1 aromatic rings. The lowest BCUT2D eigenvalue weighted by Crippen LogP contribution is -2.41. The Balaban J connectivity index is 2.20. The van der Waals surface area contributed by atoms with Crippen molar-refractivity contribution in [2.24, 2.45) is 5.73 Å². The summed E-state index contributed by atoms with van der Waals surface area (Å²) in [5, 5.41) is 0. The lowest BCUT2D eigenvalue weighted by Gasteiger charge is -2.28. The fourth-order valence-electron chi connectivity index (χ4n) is 2.68. The molecule has 1 aliphatic rings. The molecule has 2 rings (SSSR count). The minimum Gasteiger partial charge on any atom is -0.372 e. The Morgan fingerprint density at radius 1 is 1.42 bits per heavy atom. The van der Waals surface area contributed by atoms with Gasteiger partial charge in [0.05, 0.1) is 0 Å². The molecule has 0 fully saturated rings. The molecule has 2 N–H and O–H groups in total. The van der Waals surface area contributed by atoms with Crippen molar-refractivity contribution in [3.05, 3.63) is 29.8 Å². The first-order valence-corrected chi connectivity index (χ1v) is 6.92. The number of nitrogens with zero attached hydrogens (tertiary/aromatic N) is 2. The number of carbonyl (C=O) groups excluding carboxylic acids is 1. The van der Waals surface area contributed by atoms with Gasteiger partial charge in [-0.15, -0.1) is 0 Å². The van der Waals surface area contributed by atoms with Crippen LogP contribution in [0.4, 0.5) is 5.69 Å². The molecule has 1 aromatic carbocycles. The van der Waals surface area contributed by atoms with Crippen LogP contribution in [0.1, 0.15) is 25.3 Å². The molecule has 1 heterocycles. The third-order valence-corrected chi connectivity index (χ3v) is 3.73. The van der Waals surface area contributed by atoms with E-state index in [1.54, 1.807) is 0 Å². The van der Waals surface area contributed by atoms with Gasteiger partial charge in [0, 0.05) is 38.3 Å². The van der Waals surface area contributed by atoms with Gasteiger partial charge in [-0.3, -0.25) is 4.79 Å². The highest BCUT2D eigenvalue weighted by Crippen LogP contribution is 2.26. The lowest BCUT2D eigenvalue weighted by atomic mass is 10.1. The van der Waals surface area contributed by atoms with E-state index in [4.69, 9.17) is 5.73 Å². The second-order valence-electron chi connectivity index (χ2n) is 5.27. The first-order valence-electron chi connectivity index (χ1n) is 6.92. The topological polar surface area (TPSA) is 49.6 Å². The molecule has 1 amide bonds. The van der Waals surface area contributed by atoms with E-state index in [9.17, 15) is 4.79 Å². The fraction of sp³-hybridized carbons (Fsp3) is 0.533. The van der Waals surface area contributed by atoms with Crippen LogP contribution in [-0.4, -0.2) is 37.0 Å². The van der Waals surface area contributed by atoms with Gasteiger partial charge in [-0.1, -0.05) is 18.2 Å². The Bertz CT molecular complexity index is 447. The van der Waals surface area contributed by atoms with Crippen LogP contribution in [0.15, 0.2) is 24.3 Å². The summed E-state index contributed by atoms with van der Waals surface area (Å²) < 4.78 is 0. The van der Waals surface area contributed by atoms with Crippen LogP contribution in [0.3, 0.4) is 0 Å². The van der Waals surface area contributed by atoms with Crippen molar-refractivity contribution >= 4 is 11.6 Å². The molecular weight excluding hydrogens is 238 g/mol.